The highest BCUT2D eigenvalue weighted by atomic mass is 35.5. The summed E-state index contributed by atoms with van der Waals surface area (Å²) in [5.41, 5.74) is 2.00. The summed E-state index contributed by atoms with van der Waals surface area (Å²) < 4.78 is 5.78. The lowest BCUT2D eigenvalue weighted by Crippen LogP contribution is -2.32. The molecule has 0 aliphatic carbocycles. The number of hydrogen-bond acceptors (Lipinski definition) is 3. The van der Waals surface area contributed by atoms with Gasteiger partial charge in [-0.15, -0.1) is 0 Å². The molecule has 0 spiro atoms. The summed E-state index contributed by atoms with van der Waals surface area (Å²) in [6.45, 7) is 9.19. The highest BCUT2D eigenvalue weighted by molar-refractivity contribution is 6.30. The number of amides is 1. The number of anilines is 1. The topological polar surface area (TPSA) is 41.6 Å². The average Bonchev–Trinajstić information content (AvgIpc) is 2.65. The van der Waals surface area contributed by atoms with Crippen LogP contribution in [-0.4, -0.2) is 30.0 Å². The van der Waals surface area contributed by atoms with Crippen LogP contribution in [0.3, 0.4) is 0 Å². The van der Waals surface area contributed by atoms with Gasteiger partial charge in [-0.05, 0) is 55.4 Å². The average molecular weight is 375 g/mol. The molecule has 0 bridgehead atoms. The first-order chi connectivity index (χ1) is 12.5. The Labute approximate surface area is 161 Å². The minimum Gasteiger partial charge on any atom is -0.481 e. The predicted octanol–water partition coefficient (Wildman–Crippen LogP) is 4.98. The molecule has 0 fully saturated rings. The van der Waals surface area contributed by atoms with Crippen molar-refractivity contribution in [3.05, 3.63) is 59.1 Å². The van der Waals surface area contributed by atoms with Crippen molar-refractivity contribution in [3.8, 4) is 5.75 Å². The molecule has 2 aromatic carbocycles. The van der Waals surface area contributed by atoms with E-state index in [4.69, 9.17) is 16.3 Å². The van der Waals surface area contributed by atoms with Gasteiger partial charge < -0.3 is 10.1 Å². The van der Waals surface area contributed by atoms with Gasteiger partial charge in [-0.3, -0.25) is 9.69 Å². The van der Waals surface area contributed by atoms with Gasteiger partial charge in [0, 0.05) is 17.3 Å². The molecule has 1 amide bonds. The van der Waals surface area contributed by atoms with Gasteiger partial charge in [0.1, 0.15) is 5.75 Å². The Kier molecular flexibility index (Phi) is 7.95. The highest BCUT2D eigenvalue weighted by Gasteiger charge is 2.18. The van der Waals surface area contributed by atoms with Gasteiger partial charge in [0.05, 0.1) is 0 Å². The number of benzene rings is 2. The van der Waals surface area contributed by atoms with Crippen LogP contribution in [0.2, 0.25) is 5.02 Å². The van der Waals surface area contributed by atoms with E-state index in [-0.39, 0.29) is 5.91 Å². The first-order valence-corrected chi connectivity index (χ1v) is 9.47. The summed E-state index contributed by atoms with van der Waals surface area (Å²) in [6.07, 6.45) is 0.00194. The van der Waals surface area contributed by atoms with Crippen LogP contribution in [0.5, 0.6) is 5.75 Å². The second kappa shape index (κ2) is 10.2. The Morgan fingerprint density at radius 1 is 1.12 bits per heavy atom. The van der Waals surface area contributed by atoms with E-state index in [9.17, 15) is 4.79 Å². The lowest BCUT2D eigenvalue weighted by atomic mass is 10.2. The lowest BCUT2D eigenvalue weighted by molar-refractivity contribution is -0.122. The SMILES string of the molecule is CCC(Oc1cccc(Cl)c1)C(=O)Nc1ccc(CN(CC)CC)cc1. The van der Waals surface area contributed by atoms with Gasteiger partial charge in [-0.25, -0.2) is 0 Å². The second-order valence-corrected chi connectivity index (χ2v) is 6.56. The van der Waals surface area contributed by atoms with E-state index < -0.39 is 6.10 Å². The zero-order valence-electron chi connectivity index (χ0n) is 15.7. The quantitative estimate of drug-likeness (QED) is 0.673. The summed E-state index contributed by atoms with van der Waals surface area (Å²) in [5, 5.41) is 3.51. The molecule has 140 valence electrons. The fourth-order valence-corrected chi connectivity index (χ4v) is 2.83. The molecular weight excluding hydrogens is 348 g/mol. The number of carbonyl (C=O) groups excluding carboxylic acids is 1. The molecule has 1 N–H and O–H groups in total. The molecule has 2 rings (SSSR count). The van der Waals surface area contributed by atoms with Gasteiger partial charge in [0.15, 0.2) is 6.10 Å². The summed E-state index contributed by atoms with van der Waals surface area (Å²) in [6, 6.07) is 15.0. The second-order valence-electron chi connectivity index (χ2n) is 6.12. The normalized spacial score (nSPS) is 12.0. The van der Waals surface area contributed by atoms with Gasteiger partial charge in [0.25, 0.3) is 5.91 Å². The summed E-state index contributed by atoms with van der Waals surface area (Å²) in [7, 11) is 0. The van der Waals surface area contributed by atoms with Gasteiger partial charge in [-0.1, -0.05) is 50.6 Å². The van der Waals surface area contributed by atoms with Crippen LogP contribution in [0.1, 0.15) is 32.8 Å². The Morgan fingerprint density at radius 2 is 1.81 bits per heavy atom. The van der Waals surface area contributed by atoms with E-state index in [2.05, 4.69) is 24.1 Å². The predicted molar refractivity (Wildman–Crippen MR) is 108 cm³/mol. The number of ether oxygens (including phenoxy) is 1. The number of nitrogens with one attached hydrogen (secondary N) is 1. The third-order valence-corrected chi connectivity index (χ3v) is 4.49. The minimum atomic E-state index is -0.566. The first kappa shape index (κ1) is 20.3. The number of nitrogens with zero attached hydrogens (tertiary/aromatic N) is 1. The van der Waals surface area contributed by atoms with Gasteiger partial charge in [-0.2, -0.15) is 0 Å². The monoisotopic (exact) mass is 374 g/mol. The molecule has 0 aromatic heterocycles. The van der Waals surface area contributed by atoms with Crippen LogP contribution >= 0.6 is 11.6 Å². The Bertz CT molecular complexity index is 699. The standard InChI is InChI=1S/C21H27ClN2O2/c1-4-20(26-19-9-7-8-17(22)14-19)21(25)23-18-12-10-16(11-13-18)15-24(5-2)6-3/h7-14,20H,4-6,15H2,1-3H3,(H,23,25). The van der Waals surface area contributed by atoms with Crippen molar-refractivity contribution in [2.45, 2.75) is 39.8 Å². The van der Waals surface area contributed by atoms with Gasteiger partial charge >= 0.3 is 0 Å². The Hall–Kier alpha value is -2.04. The molecule has 0 saturated carbocycles. The van der Waals surface area contributed by atoms with Crippen molar-refractivity contribution in [1.82, 2.24) is 4.90 Å². The molecule has 0 saturated heterocycles. The highest BCUT2D eigenvalue weighted by Crippen LogP contribution is 2.20. The maximum atomic E-state index is 12.5. The molecule has 0 aliphatic rings. The zero-order valence-corrected chi connectivity index (χ0v) is 16.4. The van der Waals surface area contributed by atoms with E-state index in [1.165, 1.54) is 5.56 Å². The number of rotatable bonds is 9. The summed E-state index contributed by atoms with van der Waals surface area (Å²) >= 11 is 5.97. The summed E-state index contributed by atoms with van der Waals surface area (Å²) in [5.74, 6) is 0.429. The smallest absolute Gasteiger partial charge is 0.265 e. The third kappa shape index (κ3) is 6.04. The van der Waals surface area contributed by atoms with Crippen molar-refractivity contribution in [2.75, 3.05) is 18.4 Å². The molecule has 2 aromatic rings. The number of halogens is 1. The maximum Gasteiger partial charge on any atom is 0.265 e. The van der Waals surface area contributed by atoms with E-state index >= 15 is 0 Å². The largest absolute Gasteiger partial charge is 0.481 e. The van der Waals surface area contributed by atoms with Crippen LogP contribution < -0.4 is 10.1 Å². The molecular formula is C21H27ClN2O2. The molecule has 4 nitrogen and oxygen atoms in total. The number of carbonyl (C=O) groups is 1. The third-order valence-electron chi connectivity index (χ3n) is 4.26. The van der Waals surface area contributed by atoms with Crippen LogP contribution in [0.4, 0.5) is 5.69 Å². The maximum absolute atomic E-state index is 12.5. The molecule has 0 heterocycles. The van der Waals surface area contributed by atoms with Crippen LogP contribution in [0, 0.1) is 0 Å². The first-order valence-electron chi connectivity index (χ1n) is 9.10. The number of hydrogen-bond donors (Lipinski definition) is 1. The molecule has 1 atom stereocenters. The molecule has 1 unspecified atom stereocenters. The van der Waals surface area contributed by atoms with E-state index in [1.54, 1.807) is 24.3 Å². The van der Waals surface area contributed by atoms with E-state index in [0.29, 0.717) is 17.2 Å². The van der Waals surface area contributed by atoms with E-state index in [1.807, 2.05) is 31.2 Å². The van der Waals surface area contributed by atoms with Crippen molar-refractivity contribution < 1.29 is 9.53 Å². The fourth-order valence-electron chi connectivity index (χ4n) is 2.65. The Morgan fingerprint density at radius 3 is 2.38 bits per heavy atom. The zero-order chi connectivity index (χ0) is 18.9. The van der Waals surface area contributed by atoms with Crippen molar-refractivity contribution in [2.24, 2.45) is 0 Å². The van der Waals surface area contributed by atoms with Crippen LogP contribution in [-0.2, 0) is 11.3 Å². The van der Waals surface area contributed by atoms with Crippen molar-refractivity contribution >= 4 is 23.2 Å². The summed E-state index contributed by atoms with van der Waals surface area (Å²) in [4.78, 5) is 14.9. The molecule has 26 heavy (non-hydrogen) atoms. The molecule has 0 radical (unpaired) electrons. The van der Waals surface area contributed by atoms with Crippen molar-refractivity contribution in [1.29, 1.82) is 0 Å². The fraction of sp³-hybridized carbons (Fsp3) is 0.381. The Balaban J connectivity index is 1.96. The van der Waals surface area contributed by atoms with Crippen molar-refractivity contribution in [3.63, 3.8) is 0 Å². The molecule has 0 aliphatic heterocycles. The van der Waals surface area contributed by atoms with E-state index in [0.717, 1.165) is 25.3 Å². The molecule has 5 heteroatoms. The lowest BCUT2D eigenvalue weighted by Gasteiger charge is -2.19. The minimum absolute atomic E-state index is 0.163. The van der Waals surface area contributed by atoms with Crippen LogP contribution in [0.25, 0.3) is 0 Å². The van der Waals surface area contributed by atoms with Gasteiger partial charge in [0.2, 0.25) is 0 Å². The van der Waals surface area contributed by atoms with Crippen LogP contribution in [0.15, 0.2) is 48.5 Å².